The average Bonchev–Trinajstić information content (AvgIpc) is 2.90. The van der Waals surface area contributed by atoms with Crippen LogP contribution in [0.1, 0.15) is 11.1 Å². The van der Waals surface area contributed by atoms with Crippen LogP contribution in [0.2, 0.25) is 0 Å². The van der Waals surface area contributed by atoms with Crippen molar-refractivity contribution in [3.8, 4) is 22.8 Å². The number of aryl methyl sites for hydroxylation is 2. The third-order valence-corrected chi connectivity index (χ3v) is 3.39. The first-order valence-corrected chi connectivity index (χ1v) is 6.52. The third kappa shape index (κ3) is 2.38. The molecule has 21 heavy (non-hydrogen) atoms. The summed E-state index contributed by atoms with van der Waals surface area (Å²) in [6.07, 6.45) is 0. The molecule has 0 aliphatic heterocycles. The van der Waals surface area contributed by atoms with Crippen LogP contribution in [0.5, 0.6) is 0 Å². The van der Waals surface area contributed by atoms with Gasteiger partial charge in [0, 0.05) is 11.3 Å². The number of nitrogens with two attached hydrogens (primary N) is 1. The van der Waals surface area contributed by atoms with Gasteiger partial charge in [-0.2, -0.15) is 4.98 Å². The zero-order chi connectivity index (χ0) is 15.0. The number of anilines is 1. The molecule has 0 saturated heterocycles. The van der Waals surface area contributed by atoms with E-state index in [-0.39, 0.29) is 5.82 Å². The van der Waals surface area contributed by atoms with Crippen LogP contribution < -0.4 is 5.73 Å². The van der Waals surface area contributed by atoms with Crippen molar-refractivity contribution in [2.45, 2.75) is 13.8 Å². The summed E-state index contributed by atoms with van der Waals surface area (Å²) in [5.74, 6) is 0.353. The first-order chi connectivity index (χ1) is 10.1. The van der Waals surface area contributed by atoms with Crippen LogP contribution in [0.3, 0.4) is 0 Å². The number of halogens is 1. The SMILES string of the molecule is Cc1ccc(F)cc1-c1noc(-c2c(C)cccc2N)n1. The molecule has 0 amide bonds. The Morgan fingerprint density at radius 2 is 1.90 bits per heavy atom. The fraction of sp³-hybridized carbons (Fsp3) is 0.125. The number of nitrogen functional groups attached to an aromatic ring is 1. The van der Waals surface area contributed by atoms with E-state index in [1.807, 2.05) is 26.0 Å². The molecule has 0 radical (unpaired) electrons. The van der Waals surface area contributed by atoms with Gasteiger partial charge in [-0.25, -0.2) is 4.39 Å². The topological polar surface area (TPSA) is 64.9 Å². The van der Waals surface area contributed by atoms with Crippen LogP contribution in [0, 0.1) is 19.7 Å². The van der Waals surface area contributed by atoms with E-state index < -0.39 is 0 Å². The van der Waals surface area contributed by atoms with Crippen LogP contribution in [0.25, 0.3) is 22.8 Å². The largest absolute Gasteiger partial charge is 0.398 e. The van der Waals surface area contributed by atoms with Crippen LogP contribution >= 0.6 is 0 Å². The van der Waals surface area contributed by atoms with Gasteiger partial charge in [0.2, 0.25) is 5.82 Å². The third-order valence-electron chi connectivity index (χ3n) is 3.39. The summed E-state index contributed by atoms with van der Waals surface area (Å²) < 4.78 is 18.7. The van der Waals surface area contributed by atoms with Crippen molar-refractivity contribution in [3.63, 3.8) is 0 Å². The maximum atomic E-state index is 13.4. The number of nitrogens with zero attached hydrogens (tertiary/aromatic N) is 2. The van der Waals surface area contributed by atoms with Crippen LogP contribution in [-0.4, -0.2) is 10.1 Å². The molecule has 1 heterocycles. The number of aromatic nitrogens is 2. The van der Waals surface area contributed by atoms with Crippen molar-refractivity contribution in [1.82, 2.24) is 10.1 Å². The van der Waals surface area contributed by atoms with Crippen LogP contribution in [0.15, 0.2) is 40.9 Å². The molecule has 0 atom stereocenters. The summed E-state index contributed by atoms with van der Waals surface area (Å²) in [7, 11) is 0. The Hall–Kier alpha value is -2.69. The number of rotatable bonds is 2. The molecule has 0 aliphatic carbocycles. The Labute approximate surface area is 121 Å². The molecule has 0 aliphatic rings. The van der Waals surface area contributed by atoms with Gasteiger partial charge in [0.25, 0.3) is 5.89 Å². The van der Waals surface area contributed by atoms with Crippen molar-refractivity contribution >= 4 is 5.69 Å². The first-order valence-electron chi connectivity index (χ1n) is 6.52. The molecule has 4 nitrogen and oxygen atoms in total. The maximum Gasteiger partial charge on any atom is 0.260 e. The second-order valence-corrected chi connectivity index (χ2v) is 4.92. The number of benzene rings is 2. The smallest absolute Gasteiger partial charge is 0.260 e. The van der Waals surface area contributed by atoms with E-state index in [0.717, 1.165) is 11.1 Å². The summed E-state index contributed by atoms with van der Waals surface area (Å²) in [4.78, 5) is 4.35. The van der Waals surface area contributed by atoms with Crippen molar-refractivity contribution in [1.29, 1.82) is 0 Å². The van der Waals surface area contributed by atoms with E-state index in [4.69, 9.17) is 10.3 Å². The highest BCUT2D eigenvalue weighted by Gasteiger charge is 2.16. The van der Waals surface area contributed by atoms with E-state index in [9.17, 15) is 4.39 Å². The van der Waals surface area contributed by atoms with Gasteiger partial charge in [0.15, 0.2) is 0 Å². The molecule has 1 aromatic heterocycles. The lowest BCUT2D eigenvalue weighted by Crippen LogP contribution is -1.93. The molecule has 3 rings (SSSR count). The van der Waals surface area contributed by atoms with Crippen molar-refractivity contribution in [3.05, 3.63) is 53.3 Å². The highest BCUT2D eigenvalue weighted by Crippen LogP contribution is 2.30. The lowest BCUT2D eigenvalue weighted by atomic mass is 10.1. The Morgan fingerprint density at radius 3 is 2.67 bits per heavy atom. The normalized spacial score (nSPS) is 10.8. The molecular formula is C16H14FN3O. The summed E-state index contributed by atoms with van der Waals surface area (Å²) in [5, 5.41) is 3.94. The fourth-order valence-corrected chi connectivity index (χ4v) is 2.25. The van der Waals surface area contributed by atoms with Crippen LogP contribution in [0.4, 0.5) is 10.1 Å². The Balaban J connectivity index is 2.10. The van der Waals surface area contributed by atoms with E-state index in [0.29, 0.717) is 28.5 Å². The van der Waals surface area contributed by atoms with Gasteiger partial charge in [0.05, 0.1) is 5.56 Å². The monoisotopic (exact) mass is 283 g/mol. The minimum absolute atomic E-state index is 0.336. The maximum absolute atomic E-state index is 13.4. The lowest BCUT2D eigenvalue weighted by molar-refractivity contribution is 0.432. The van der Waals surface area contributed by atoms with Crippen LogP contribution in [-0.2, 0) is 0 Å². The van der Waals surface area contributed by atoms with Crippen molar-refractivity contribution in [2.75, 3.05) is 5.73 Å². The van der Waals surface area contributed by atoms with Gasteiger partial charge >= 0.3 is 0 Å². The molecule has 5 heteroatoms. The van der Waals surface area contributed by atoms with Gasteiger partial charge in [-0.3, -0.25) is 0 Å². The zero-order valence-corrected chi connectivity index (χ0v) is 11.7. The Morgan fingerprint density at radius 1 is 1.10 bits per heavy atom. The summed E-state index contributed by atoms with van der Waals surface area (Å²) in [6, 6.07) is 10.0. The van der Waals surface area contributed by atoms with Gasteiger partial charge in [-0.15, -0.1) is 0 Å². The first kappa shape index (κ1) is 13.3. The van der Waals surface area contributed by atoms with Gasteiger partial charge < -0.3 is 10.3 Å². The average molecular weight is 283 g/mol. The molecule has 2 N–H and O–H groups in total. The molecular weight excluding hydrogens is 269 g/mol. The van der Waals surface area contributed by atoms with E-state index in [2.05, 4.69) is 10.1 Å². The lowest BCUT2D eigenvalue weighted by Gasteiger charge is -2.03. The molecule has 3 aromatic rings. The molecule has 0 bridgehead atoms. The van der Waals surface area contributed by atoms with E-state index in [1.165, 1.54) is 12.1 Å². The zero-order valence-electron chi connectivity index (χ0n) is 11.7. The summed E-state index contributed by atoms with van der Waals surface area (Å²) in [6.45, 7) is 3.79. The van der Waals surface area contributed by atoms with E-state index >= 15 is 0 Å². The van der Waals surface area contributed by atoms with Crippen molar-refractivity contribution in [2.24, 2.45) is 0 Å². The number of hydrogen-bond donors (Lipinski definition) is 1. The minimum atomic E-state index is -0.336. The highest BCUT2D eigenvalue weighted by molar-refractivity contribution is 5.74. The standard InChI is InChI=1S/C16H14FN3O/c1-9-6-7-11(17)8-12(9)15-19-16(21-20-15)14-10(2)4-3-5-13(14)18/h3-8H,18H2,1-2H3. The fourth-order valence-electron chi connectivity index (χ4n) is 2.25. The molecule has 0 fully saturated rings. The quantitative estimate of drug-likeness (QED) is 0.727. The summed E-state index contributed by atoms with van der Waals surface area (Å²) in [5.41, 5.74) is 9.68. The molecule has 0 unspecified atom stereocenters. The second-order valence-electron chi connectivity index (χ2n) is 4.92. The molecule has 2 aromatic carbocycles. The predicted octanol–water partition coefficient (Wildman–Crippen LogP) is 3.74. The molecule has 106 valence electrons. The predicted molar refractivity (Wildman–Crippen MR) is 79.0 cm³/mol. The Kier molecular flexibility index (Phi) is 3.17. The Bertz CT molecular complexity index is 791. The second kappa shape index (κ2) is 5.01. The van der Waals surface area contributed by atoms with Gasteiger partial charge in [0.1, 0.15) is 5.82 Å². The van der Waals surface area contributed by atoms with Crippen molar-refractivity contribution < 1.29 is 8.91 Å². The van der Waals surface area contributed by atoms with Gasteiger partial charge in [-0.1, -0.05) is 23.4 Å². The number of hydrogen-bond acceptors (Lipinski definition) is 4. The molecule has 0 saturated carbocycles. The van der Waals surface area contributed by atoms with Gasteiger partial charge in [-0.05, 0) is 43.2 Å². The van der Waals surface area contributed by atoms with E-state index in [1.54, 1.807) is 12.1 Å². The summed E-state index contributed by atoms with van der Waals surface area (Å²) >= 11 is 0. The molecule has 0 spiro atoms. The highest BCUT2D eigenvalue weighted by atomic mass is 19.1. The minimum Gasteiger partial charge on any atom is -0.398 e.